The van der Waals surface area contributed by atoms with Crippen LogP contribution in [0.1, 0.15) is 31.9 Å². The second-order valence-electron chi connectivity index (χ2n) is 7.92. The summed E-state index contributed by atoms with van der Waals surface area (Å²) in [6, 6.07) is 16.3. The molecule has 0 aliphatic carbocycles. The molecule has 2 aromatic carbocycles. The molecule has 1 atom stereocenters. The van der Waals surface area contributed by atoms with E-state index in [0.717, 1.165) is 23.6 Å². The standard InChI is InChI=1S/C22H29NO4/c1-22(2,3)27-15-19(24)14-23(12-17-7-5-4-6-8-17)13-18-9-10-20-21(11-18)26-16-25-20/h4-11,19,24H,12-16H2,1-3H3. The number of hydrogen-bond donors (Lipinski definition) is 1. The predicted octanol–water partition coefficient (Wildman–Crippen LogP) is 3.59. The highest BCUT2D eigenvalue weighted by Crippen LogP contribution is 2.33. The first-order valence-electron chi connectivity index (χ1n) is 9.36. The lowest BCUT2D eigenvalue weighted by molar-refractivity contribution is -0.0572. The molecule has 27 heavy (non-hydrogen) atoms. The van der Waals surface area contributed by atoms with Gasteiger partial charge in [-0.05, 0) is 44.0 Å². The van der Waals surface area contributed by atoms with Crippen LogP contribution in [0.5, 0.6) is 11.5 Å². The van der Waals surface area contributed by atoms with E-state index in [2.05, 4.69) is 17.0 Å². The minimum Gasteiger partial charge on any atom is -0.454 e. The maximum absolute atomic E-state index is 10.5. The highest BCUT2D eigenvalue weighted by Gasteiger charge is 2.19. The van der Waals surface area contributed by atoms with Gasteiger partial charge in [0.25, 0.3) is 0 Å². The molecule has 0 radical (unpaired) electrons. The van der Waals surface area contributed by atoms with E-state index >= 15 is 0 Å². The molecule has 146 valence electrons. The highest BCUT2D eigenvalue weighted by atomic mass is 16.7. The van der Waals surface area contributed by atoms with Crippen molar-refractivity contribution < 1.29 is 19.3 Å². The third kappa shape index (κ3) is 6.24. The van der Waals surface area contributed by atoms with Crippen molar-refractivity contribution in [3.63, 3.8) is 0 Å². The van der Waals surface area contributed by atoms with Gasteiger partial charge in [0.2, 0.25) is 6.79 Å². The zero-order valence-corrected chi connectivity index (χ0v) is 16.4. The predicted molar refractivity (Wildman–Crippen MR) is 105 cm³/mol. The molecule has 1 aliphatic heterocycles. The second kappa shape index (κ2) is 8.74. The van der Waals surface area contributed by atoms with Crippen molar-refractivity contribution in [1.82, 2.24) is 4.90 Å². The van der Waals surface area contributed by atoms with Gasteiger partial charge in [0.1, 0.15) is 0 Å². The zero-order chi connectivity index (χ0) is 19.3. The number of nitrogens with zero attached hydrogens (tertiary/aromatic N) is 1. The van der Waals surface area contributed by atoms with Gasteiger partial charge in [-0.25, -0.2) is 0 Å². The summed E-state index contributed by atoms with van der Waals surface area (Å²) in [5.41, 5.74) is 2.07. The molecule has 0 spiro atoms. The fraction of sp³-hybridized carbons (Fsp3) is 0.455. The first kappa shape index (κ1) is 19.7. The van der Waals surface area contributed by atoms with Crippen LogP contribution in [0.2, 0.25) is 0 Å². The molecule has 1 heterocycles. The average Bonchev–Trinajstić information content (AvgIpc) is 3.08. The highest BCUT2D eigenvalue weighted by molar-refractivity contribution is 5.44. The van der Waals surface area contributed by atoms with E-state index in [1.165, 1.54) is 5.56 Å². The molecule has 0 amide bonds. The minimum absolute atomic E-state index is 0.261. The Morgan fingerprint density at radius 1 is 1.00 bits per heavy atom. The number of ether oxygens (including phenoxy) is 3. The summed E-state index contributed by atoms with van der Waals surface area (Å²) in [4.78, 5) is 2.23. The molecule has 2 aromatic rings. The van der Waals surface area contributed by atoms with Crippen molar-refractivity contribution in [2.75, 3.05) is 19.9 Å². The van der Waals surface area contributed by atoms with Gasteiger partial charge < -0.3 is 19.3 Å². The molecule has 1 N–H and O–H groups in total. The molecule has 3 rings (SSSR count). The fourth-order valence-corrected chi connectivity index (χ4v) is 3.02. The number of aliphatic hydroxyl groups excluding tert-OH is 1. The maximum atomic E-state index is 10.5. The van der Waals surface area contributed by atoms with Crippen molar-refractivity contribution in [2.45, 2.75) is 45.6 Å². The van der Waals surface area contributed by atoms with Crippen LogP contribution in [-0.4, -0.2) is 41.7 Å². The smallest absolute Gasteiger partial charge is 0.231 e. The Bertz CT molecular complexity index is 727. The van der Waals surface area contributed by atoms with Gasteiger partial charge in [-0.3, -0.25) is 4.90 Å². The zero-order valence-electron chi connectivity index (χ0n) is 16.4. The van der Waals surface area contributed by atoms with Crippen molar-refractivity contribution in [3.05, 3.63) is 59.7 Å². The van der Waals surface area contributed by atoms with E-state index in [1.807, 2.05) is 57.2 Å². The van der Waals surface area contributed by atoms with Gasteiger partial charge in [-0.15, -0.1) is 0 Å². The van der Waals surface area contributed by atoms with Crippen molar-refractivity contribution in [1.29, 1.82) is 0 Å². The SMILES string of the molecule is CC(C)(C)OCC(O)CN(Cc1ccccc1)Cc1ccc2c(c1)OCO2. The number of benzene rings is 2. The molecular formula is C22H29NO4. The van der Waals surface area contributed by atoms with Crippen molar-refractivity contribution in [2.24, 2.45) is 0 Å². The van der Waals surface area contributed by atoms with Crippen LogP contribution in [0.15, 0.2) is 48.5 Å². The number of hydrogen-bond acceptors (Lipinski definition) is 5. The van der Waals surface area contributed by atoms with Gasteiger partial charge >= 0.3 is 0 Å². The normalized spacial score (nSPS) is 14.6. The Labute approximate surface area is 161 Å². The second-order valence-corrected chi connectivity index (χ2v) is 7.92. The fourth-order valence-electron chi connectivity index (χ4n) is 3.02. The Hall–Kier alpha value is -2.08. The van der Waals surface area contributed by atoms with Gasteiger partial charge in [-0.1, -0.05) is 36.4 Å². The van der Waals surface area contributed by atoms with Crippen LogP contribution in [0.25, 0.3) is 0 Å². The lowest BCUT2D eigenvalue weighted by Gasteiger charge is -2.27. The van der Waals surface area contributed by atoms with E-state index in [4.69, 9.17) is 14.2 Å². The summed E-state index contributed by atoms with van der Waals surface area (Å²) in [6.45, 7) is 8.56. The monoisotopic (exact) mass is 371 g/mol. The summed E-state index contributed by atoms with van der Waals surface area (Å²) in [5, 5.41) is 10.5. The summed E-state index contributed by atoms with van der Waals surface area (Å²) in [5.74, 6) is 1.57. The molecule has 1 aliphatic rings. The summed E-state index contributed by atoms with van der Waals surface area (Å²) >= 11 is 0. The van der Waals surface area contributed by atoms with Crippen molar-refractivity contribution >= 4 is 0 Å². The van der Waals surface area contributed by atoms with E-state index in [1.54, 1.807) is 0 Å². The van der Waals surface area contributed by atoms with Crippen LogP contribution >= 0.6 is 0 Å². The molecular weight excluding hydrogens is 342 g/mol. The van der Waals surface area contributed by atoms with E-state index in [9.17, 15) is 5.11 Å². The molecule has 5 heteroatoms. The van der Waals surface area contributed by atoms with Gasteiger partial charge in [0.05, 0.1) is 18.3 Å². The van der Waals surface area contributed by atoms with Crippen LogP contribution in [-0.2, 0) is 17.8 Å². The first-order valence-corrected chi connectivity index (χ1v) is 9.36. The van der Waals surface area contributed by atoms with Crippen molar-refractivity contribution in [3.8, 4) is 11.5 Å². The van der Waals surface area contributed by atoms with Crippen LogP contribution in [0.4, 0.5) is 0 Å². The van der Waals surface area contributed by atoms with E-state index in [-0.39, 0.29) is 12.4 Å². The number of rotatable bonds is 8. The van der Waals surface area contributed by atoms with E-state index < -0.39 is 6.10 Å². The first-order chi connectivity index (χ1) is 12.9. The van der Waals surface area contributed by atoms with Gasteiger partial charge in [0.15, 0.2) is 11.5 Å². The number of fused-ring (bicyclic) bond motifs is 1. The quantitative estimate of drug-likeness (QED) is 0.768. The lowest BCUT2D eigenvalue weighted by atomic mass is 10.1. The summed E-state index contributed by atoms with van der Waals surface area (Å²) in [6.07, 6.45) is -0.554. The molecule has 0 fully saturated rings. The average molecular weight is 371 g/mol. The van der Waals surface area contributed by atoms with E-state index in [0.29, 0.717) is 19.7 Å². The largest absolute Gasteiger partial charge is 0.454 e. The summed E-state index contributed by atoms with van der Waals surface area (Å²) < 4.78 is 16.6. The Balaban J connectivity index is 1.67. The molecule has 1 unspecified atom stereocenters. The third-order valence-electron chi connectivity index (χ3n) is 4.27. The van der Waals surface area contributed by atoms with Crippen LogP contribution in [0, 0.1) is 0 Å². The summed E-state index contributed by atoms with van der Waals surface area (Å²) in [7, 11) is 0. The molecule has 0 bridgehead atoms. The number of aliphatic hydroxyl groups is 1. The van der Waals surface area contributed by atoms with Crippen LogP contribution < -0.4 is 9.47 Å². The van der Waals surface area contributed by atoms with Crippen LogP contribution in [0.3, 0.4) is 0 Å². The van der Waals surface area contributed by atoms with Gasteiger partial charge in [0, 0.05) is 19.6 Å². The topological polar surface area (TPSA) is 51.2 Å². The Morgan fingerprint density at radius 3 is 2.44 bits per heavy atom. The Kier molecular flexibility index (Phi) is 6.37. The van der Waals surface area contributed by atoms with Gasteiger partial charge in [-0.2, -0.15) is 0 Å². The molecule has 0 aromatic heterocycles. The third-order valence-corrected chi connectivity index (χ3v) is 4.27. The molecule has 0 saturated carbocycles. The minimum atomic E-state index is -0.554. The maximum Gasteiger partial charge on any atom is 0.231 e. The lowest BCUT2D eigenvalue weighted by Crippen LogP contribution is -2.36. The Morgan fingerprint density at radius 2 is 1.70 bits per heavy atom. The molecule has 5 nitrogen and oxygen atoms in total. The molecule has 0 saturated heterocycles.